The molecule has 0 atom stereocenters. The number of aromatic carboxylic acids is 1. The van der Waals surface area contributed by atoms with Crippen molar-refractivity contribution in [2.75, 3.05) is 24.6 Å². The molecule has 0 N–H and O–H groups in total. The maximum absolute atomic E-state index is 12.3. The molecule has 0 amide bonds. The summed E-state index contributed by atoms with van der Waals surface area (Å²) in [5, 5.41) is 10.7. The molecule has 0 aromatic heterocycles. The van der Waals surface area contributed by atoms with E-state index in [2.05, 4.69) is 0 Å². The smallest absolute Gasteiger partial charge is 0.243 e. The van der Waals surface area contributed by atoms with Gasteiger partial charge in [0.2, 0.25) is 10.0 Å². The van der Waals surface area contributed by atoms with E-state index in [9.17, 15) is 18.3 Å². The highest BCUT2D eigenvalue weighted by Gasteiger charge is 2.26. The summed E-state index contributed by atoms with van der Waals surface area (Å²) in [6.07, 6.45) is 0. The number of carboxylic acids is 1. The van der Waals surface area contributed by atoms with E-state index in [-0.39, 0.29) is 10.5 Å². The molecule has 0 aliphatic carbocycles. The van der Waals surface area contributed by atoms with Crippen molar-refractivity contribution >= 4 is 27.8 Å². The molecule has 1 aromatic rings. The van der Waals surface area contributed by atoms with Crippen molar-refractivity contribution < 1.29 is 18.3 Å². The molecule has 1 aromatic carbocycles. The molecule has 2 rings (SSSR count). The van der Waals surface area contributed by atoms with E-state index in [1.807, 2.05) is 0 Å². The van der Waals surface area contributed by atoms with Crippen LogP contribution in [-0.2, 0) is 10.0 Å². The molecule has 0 radical (unpaired) electrons. The molecule has 1 aliphatic rings. The normalized spacial score (nSPS) is 17.6. The number of benzene rings is 1. The van der Waals surface area contributed by atoms with Gasteiger partial charge in [-0.1, -0.05) is 12.1 Å². The standard InChI is InChI=1S/C11H13NO4S2/c13-11(14)9-2-1-3-10(8-9)18(15,16)12-4-6-17-7-5-12/h1-3,8H,4-7H2,(H,13,14)/p-1. The molecule has 98 valence electrons. The van der Waals surface area contributed by atoms with E-state index in [4.69, 9.17) is 0 Å². The fourth-order valence-corrected chi connectivity index (χ4v) is 4.34. The Morgan fingerprint density at radius 2 is 1.94 bits per heavy atom. The van der Waals surface area contributed by atoms with Gasteiger partial charge in [-0.05, 0) is 17.7 Å². The van der Waals surface area contributed by atoms with Gasteiger partial charge in [-0.25, -0.2) is 8.42 Å². The molecule has 7 heteroatoms. The Labute approximate surface area is 110 Å². The summed E-state index contributed by atoms with van der Waals surface area (Å²) in [4.78, 5) is 10.7. The zero-order valence-corrected chi connectivity index (χ0v) is 11.2. The lowest BCUT2D eigenvalue weighted by atomic mass is 10.2. The molecule has 0 bridgehead atoms. The van der Waals surface area contributed by atoms with Crippen LogP contribution in [0.3, 0.4) is 0 Å². The molecule has 0 spiro atoms. The third-order valence-electron chi connectivity index (χ3n) is 2.68. The third-order valence-corrected chi connectivity index (χ3v) is 5.51. The summed E-state index contributed by atoms with van der Waals surface area (Å²) in [7, 11) is -3.59. The molecule has 1 saturated heterocycles. The van der Waals surface area contributed by atoms with Crippen molar-refractivity contribution in [2.45, 2.75) is 4.90 Å². The zero-order chi connectivity index (χ0) is 13.2. The van der Waals surface area contributed by atoms with Gasteiger partial charge in [-0.3, -0.25) is 0 Å². The number of rotatable bonds is 3. The predicted octanol–water partition coefficient (Wildman–Crippen LogP) is -0.212. The lowest BCUT2D eigenvalue weighted by Gasteiger charge is -2.25. The number of carboxylic acid groups (broad SMARTS) is 1. The number of sulfonamides is 1. The second kappa shape index (κ2) is 5.29. The fourth-order valence-electron chi connectivity index (χ4n) is 1.72. The van der Waals surface area contributed by atoms with Crippen LogP contribution in [0, 0.1) is 0 Å². The first-order chi connectivity index (χ1) is 8.51. The van der Waals surface area contributed by atoms with Crippen LogP contribution in [0.5, 0.6) is 0 Å². The molecule has 1 aliphatic heterocycles. The van der Waals surface area contributed by atoms with Crippen molar-refractivity contribution in [1.29, 1.82) is 0 Å². The minimum atomic E-state index is -3.59. The van der Waals surface area contributed by atoms with Crippen LogP contribution in [0.2, 0.25) is 0 Å². The largest absolute Gasteiger partial charge is 0.545 e. The molecule has 18 heavy (non-hydrogen) atoms. The average molecular weight is 286 g/mol. The summed E-state index contributed by atoms with van der Waals surface area (Å²) >= 11 is 1.71. The minimum Gasteiger partial charge on any atom is -0.545 e. The van der Waals surface area contributed by atoms with Gasteiger partial charge in [0.05, 0.1) is 10.9 Å². The van der Waals surface area contributed by atoms with Crippen molar-refractivity contribution in [3.05, 3.63) is 29.8 Å². The monoisotopic (exact) mass is 286 g/mol. The van der Waals surface area contributed by atoms with Crippen molar-refractivity contribution in [2.24, 2.45) is 0 Å². The van der Waals surface area contributed by atoms with Gasteiger partial charge in [0.1, 0.15) is 0 Å². The number of nitrogens with zero attached hydrogens (tertiary/aromatic N) is 1. The Bertz CT molecular complexity index is 550. The second-order valence-electron chi connectivity index (χ2n) is 3.83. The van der Waals surface area contributed by atoms with Crippen LogP contribution in [0.1, 0.15) is 10.4 Å². The second-order valence-corrected chi connectivity index (χ2v) is 6.99. The Kier molecular flexibility index (Phi) is 3.94. The molecule has 1 fully saturated rings. The summed E-state index contributed by atoms with van der Waals surface area (Å²) in [6, 6.07) is 5.28. The first kappa shape index (κ1) is 13.4. The van der Waals surface area contributed by atoms with Crippen LogP contribution in [-0.4, -0.2) is 43.3 Å². The summed E-state index contributed by atoms with van der Waals surface area (Å²) < 4.78 is 25.9. The zero-order valence-electron chi connectivity index (χ0n) is 9.53. The highest BCUT2D eigenvalue weighted by Crippen LogP contribution is 2.20. The maximum atomic E-state index is 12.3. The minimum absolute atomic E-state index is 0.0103. The molecule has 5 nitrogen and oxygen atoms in total. The van der Waals surface area contributed by atoms with Gasteiger partial charge in [0.25, 0.3) is 0 Å². The molecule has 0 saturated carbocycles. The molecular formula is C11H12NO4S2-. The fraction of sp³-hybridized carbons (Fsp3) is 0.364. The number of thioether (sulfide) groups is 1. The van der Waals surface area contributed by atoms with Crippen molar-refractivity contribution in [3.63, 3.8) is 0 Å². The van der Waals surface area contributed by atoms with E-state index >= 15 is 0 Å². The Morgan fingerprint density at radius 3 is 2.56 bits per heavy atom. The van der Waals surface area contributed by atoms with E-state index in [0.717, 1.165) is 17.6 Å². The third kappa shape index (κ3) is 2.68. The van der Waals surface area contributed by atoms with Crippen molar-refractivity contribution in [1.82, 2.24) is 4.31 Å². The van der Waals surface area contributed by atoms with Crippen LogP contribution < -0.4 is 5.11 Å². The quantitative estimate of drug-likeness (QED) is 0.768. The maximum Gasteiger partial charge on any atom is 0.243 e. The Hall–Kier alpha value is -1.05. The van der Waals surface area contributed by atoms with Gasteiger partial charge >= 0.3 is 0 Å². The van der Waals surface area contributed by atoms with E-state index in [0.29, 0.717) is 13.1 Å². The van der Waals surface area contributed by atoms with Crippen LogP contribution in [0.15, 0.2) is 29.2 Å². The van der Waals surface area contributed by atoms with Crippen LogP contribution >= 0.6 is 11.8 Å². The van der Waals surface area contributed by atoms with E-state index in [1.165, 1.54) is 22.5 Å². The average Bonchev–Trinajstić information content (AvgIpc) is 2.40. The van der Waals surface area contributed by atoms with Crippen LogP contribution in [0.25, 0.3) is 0 Å². The van der Waals surface area contributed by atoms with Crippen LogP contribution in [0.4, 0.5) is 0 Å². The van der Waals surface area contributed by atoms with E-state index in [1.54, 1.807) is 11.8 Å². The SMILES string of the molecule is O=C([O-])c1cccc(S(=O)(=O)N2CCSCC2)c1. The molecule has 1 heterocycles. The highest BCUT2D eigenvalue weighted by atomic mass is 32.2. The van der Waals surface area contributed by atoms with Gasteiger partial charge < -0.3 is 9.90 Å². The van der Waals surface area contributed by atoms with E-state index < -0.39 is 16.0 Å². The summed E-state index contributed by atoms with van der Waals surface area (Å²) in [6.45, 7) is 0.922. The lowest BCUT2D eigenvalue weighted by molar-refractivity contribution is -0.255. The Balaban J connectivity index is 2.34. The van der Waals surface area contributed by atoms with Crippen molar-refractivity contribution in [3.8, 4) is 0 Å². The number of hydrogen-bond acceptors (Lipinski definition) is 5. The number of carbonyl (C=O) groups is 1. The number of carbonyl (C=O) groups excluding carboxylic acids is 1. The first-order valence-electron chi connectivity index (χ1n) is 5.41. The van der Waals surface area contributed by atoms with Gasteiger partial charge in [-0.2, -0.15) is 16.1 Å². The predicted molar refractivity (Wildman–Crippen MR) is 66.9 cm³/mol. The summed E-state index contributed by atoms with van der Waals surface area (Å²) in [5.74, 6) is 0.153. The molecule has 0 unspecified atom stereocenters. The lowest BCUT2D eigenvalue weighted by Crippen LogP contribution is -2.38. The topological polar surface area (TPSA) is 77.5 Å². The Morgan fingerprint density at radius 1 is 1.28 bits per heavy atom. The van der Waals surface area contributed by atoms with Gasteiger partial charge in [0.15, 0.2) is 0 Å². The summed E-state index contributed by atoms with van der Waals surface area (Å²) in [5.41, 5.74) is -0.123. The number of hydrogen-bond donors (Lipinski definition) is 0. The van der Waals surface area contributed by atoms with Gasteiger partial charge in [0, 0.05) is 24.6 Å². The van der Waals surface area contributed by atoms with Gasteiger partial charge in [-0.15, -0.1) is 0 Å². The molecular weight excluding hydrogens is 274 g/mol. The first-order valence-corrected chi connectivity index (χ1v) is 8.00. The highest BCUT2D eigenvalue weighted by molar-refractivity contribution is 7.99.